The minimum absolute atomic E-state index is 0.405. The zero-order valence-corrected chi connectivity index (χ0v) is 12.1. The Balaban J connectivity index is 1.65. The van der Waals surface area contributed by atoms with Crippen molar-refractivity contribution in [2.75, 3.05) is 0 Å². The van der Waals surface area contributed by atoms with E-state index in [1.165, 1.54) is 0 Å². The van der Waals surface area contributed by atoms with Gasteiger partial charge in [-0.25, -0.2) is 0 Å². The van der Waals surface area contributed by atoms with Crippen molar-refractivity contribution in [2.45, 2.75) is 13.2 Å². The Hall–Kier alpha value is -2.88. The summed E-state index contributed by atoms with van der Waals surface area (Å²) in [6.07, 6.45) is 1.59. The van der Waals surface area contributed by atoms with Crippen LogP contribution in [-0.4, -0.2) is 10.2 Å². The summed E-state index contributed by atoms with van der Waals surface area (Å²) in [7, 11) is 0. The molecule has 0 saturated carbocycles. The van der Waals surface area contributed by atoms with Gasteiger partial charge >= 0.3 is 0 Å². The molecule has 1 heterocycles. The van der Waals surface area contributed by atoms with Gasteiger partial charge in [0.25, 0.3) is 5.88 Å². The highest BCUT2D eigenvalue weighted by atomic mass is 16.5. The third kappa shape index (κ3) is 3.82. The molecule has 3 rings (SSSR count). The molecule has 0 radical (unpaired) electrons. The first-order valence-electron chi connectivity index (χ1n) is 7.07. The fraction of sp³-hybridized carbons (Fsp3) is 0.111. The molecular formula is C18H16N2O2. The first-order valence-corrected chi connectivity index (χ1v) is 7.07. The molecule has 1 aromatic heterocycles. The lowest BCUT2D eigenvalue weighted by Crippen LogP contribution is -2.02. The van der Waals surface area contributed by atoms with Gasteiger partial charge in [-0.2, -0.15) is 5.10 Å². The third-order valence-electron chi connectivity index (χ3n) is 3.11. The van der Waals surface area contributed by atoms with Crippen LogP contribution in [0.15, 0.2) is 72.9 Å². The molecule has 110 valence electrons. The van der Waals surface area contributed by atoms with Crippen LogP contribution in [0.2, 0.25) is 0 Å². The summed E-state index contributed by atoms with van der Waals surface area (Å²) in [5, 5.41) is 7.87. The number of nitrogens with zero attached hydrogens (tertiary/aromatic N) is 2. The number of hydrogen-bond donors (Lipinski definition) is 0. The first kappa shape index (κ1) is 14.1. The lowest BCUT2D eigenvalue weighted by Gasteiger charge is -2.11. The van der Waals surface area contributed by atoms with Crippen LogP contribution in [0.5, 0.6) is 11.6 Å². The van der Waals surface area contributed by atoms with Gasteiger partial charge in [0, 0.05) is 6.07 Å². The molecule has 0 atom stereocenters. The summed E-state index contributed by atoms with van der Waals surface area (Å²) in [6, 6.07) is 21.7. The number of ether oxygens (including phenoxy) is 2. The summed E-state index contributed by atoms with van der Waals surface area (Å²) in [6.45, 7) is 0.898. The van der Waals surface area contributed by atoms with E-state index in [0.29, 0.717) is 24.8 Å². The Kier molecular flexibility index (Phi) is 4.62. The maximum Gasteiger partial charge on any atom is 0.276 e. The first-order chi connectivity index (χ1) is 10.9. The molecule has 3 aromatic rings. The standard InChI is InChI=1S/C18H16N2O2/c1-3-7-15(8-4-1)13-21-17-11-12-19-20-18(17)22-14-16-9-5-2-6-10-16/h1-12H,13-14H2. The fourth-order valence-electron chi connectivity index (χ4n) is 1.98. The SMILES string of the molecule is c1ccc(COc2ccnnc2OCc2ccccc2)cc1. The smallest absolute Gasteiger partial charge is 0.276 e. The van der Waals surface area contributed by atoms with Gasteiger partial charge < -0.3 is 9.47 Å². The van der Waals surface area contributed by atoms with Crippen LogP contribution < -0.4 is 9.47 Å². The van der Waals surface area contributed by atoms with Crippen molar-refractivity contribution in [1.82, 2.24) is 10.2 Å². The van der Waals surface area contributed by atoms with Crippen molar-refractivity contribution in [3.05, 3.63) is 84.1 Å². The Morgan fingerprint density at radius 3 is 1.91 bits per heavy atom. The number of rotatable bonds is 6. The molecule has 0 aliphatic rings. The van der Waals surface area contributed by atoms with Crippen LogP contribution >= 0.6 is 0 Å². The molecule has 2 aromatic carbocycles. The zero-order chi connectivity index (χ0) is 15.0. The van der Waals surface area contributed by atoms with Crippen LogP contribution in [0, 0.1) is 0 Å². The molecule has 4 nitrogen and oxygen atoms in total. The van der Waals surface area contributed by atoms with E-state index in [1.807, 2.05) is 60.7 Å². The summed E-state index contributed by atoms with van der Waals surface area (Å²) in [4.78, 5) is 0. The quantitative estimate of drug-likeness (QED) is 0.696. The van der Waals surface area contributed by atoms with Crippen LogP contribution in [-0.2, 0) is 13.2 Å². The fourth-order valence-corrected chi connectivity index (χ4v) is 1.98. The molecule has 0 aliphatic carbocycles. The van der Waals surface area contributed by atoms with Gasteiger partial charge in [0.2, 0.25) is 0 Å². The molecule has 0 amide bonds. The Morgan fingerprint density at radius 2 is 1.27 bits per heavy atom. The highest BCUT2D eigenvalue weighted by Gasteiger charge is 2.07. The molecule has 0 saturated heterocycles. The summed E-state index contributed by atoms with van der Waals surface area (Å²) >= 11 is 0. The second kappa shape index (κ2) is 7.22. The van der Waals surface area contributed by atoms with Gasteiger partial charge in [-0.05, 0) is 11.1 Å². The number of benzene rings is 2. The minimum atomic E-state index is 0.405. The Morgan fingerprint density at radius 1 is 0.682 bits per heavy atom. The van der Waals surface area contributed by atoms with E-state index in [9.17, 15) is 0 Å². The van der Waals surface area contributed by atoms with E-state index in [2.05, 4.69) is 10.2 Å². The molecule has 0 fully saturated rings. The summed E-state index contributed by atoms with van der Waals surface area (Å²) < 4.78 is 11.5. The molecule has 0 N–H and O–H groups in total. The minimum Gasteiger partial charge on any atom is -0.483 e. The number of hydrogen-bond acceptors (Lipinski definition) is 4. The van der Waals surface area contributed by atoms with E-state index in [1.54, 1.807) is 12.3 Å². The van der Waals surface area contributed by atoms with Crippen molar-refractivity contribution in [3.8, 4) is 11.6 Å². The molecule has 22 heavy (non-hydrogen) atoms. The normalized spacial score (nSPS) is 10.2. The van der Waals surface area contributed by atoms with E-state index in [4.69, 9.17) is 9.47 Å². The van der Waals surface area contributed by atoms with Gasteiger partial charge in [0.15, 0.2) is 5.75 Å². The van der Waals surface area contributed by atoms with Crippen molar-refractivity contribution >= 4 is 0 Å². The van der Waals surface area contributed by atoms with Crippen LogP contribution in [0.4, 0.5) is 0 Å². The molecule has 4 heteroatoms. The monoisotopic (exact) mass is 292 g/mol. The Bertz CT molecular complexity index is 640. The van der Waals surface area contributed by atoms with Crippen LogP contribution in [0.25, 0.3) is 0 Å². The van der Waals surface area contributed by atoms with Crippen LogP contribution in [0.3, 0.4) is 0 Å². The number of aromatic nitrogens is 2. The van der Waals surface area contributed by atoms with Gasteiger partial charge in [-0.1, -0.05) is 60.7 Å². The molecular weight excluding hydrogens is 276 g/mol. The lowest BCUT2D eigenvalue weighted by molar-refractivity contribution is 0.244. The van der Waals surface area contributed by atoms with E-state index >= 15 is 0 Å². The molecule has 0 aliphatic heterocycles. The zero-order valence-electron chi connectivity index (χ0n) is 12.1. The van der Waals surface area contributed by atoms with Gasteiger partial charge in [-0.3, -0.25) is 0 Å². The topological polar surface area (TPSA) is 44.2 Å². The average Bonchev–Trinajstić information content (AvgIpc) is 2.61. The van der Waals surface area contributed by atoms with Gasteiger partial charge in [-0.15, -0.1) is 5.10 Å². The van der Waals surface area contributed by atoms with Crippen LogP contribution in [0.1, 0.15) is 11.1 Å². The highest BCUT2D eigenvalue weighted by molar-refractivity contribution is 5.31. The van der Waals surface area contributed by atoms with Crippen molar-refractivity contribution in [1.29, 1.82) is 0 Å². The third-order valence-corrected chi connectivity index (χ3v) is 3.11. The van der Waals surface area contributed by atoms with Crippen molar-refractivity contribution < 1.29 is 9.47 Å². The maximum atomic E-state index is 5.78. The predicted octanol–water partition coefficient (Wildman–Crippen LogP) is 3.63. The summed E-state index contributed by atoms with van der Waals surface area (Å²) in [5.74, 6) is 0.997. The maximum absolute atomic E-state index is 5.78. The lowest BCUT2D eigenvalue weighted by atomic mass is 10.2. The van der Waals surface area contributed by atoms with Crippen molar-refractivity contribution in [2.24, 2.45) is 0 Å². The van der Waals surface area contributed by atoms with Gasteiger partial charge in [0.05, 0.1) is 6.20 Å². The second-order valence-corrected chi connectivity index (χ2v) is 4.75. The molecule has 0 unspecified atom stereocenters. The predicted molar refractivity (Wildman–Crippen MR) is 83.6 cm³/mol. The highest BCUT2D eigenvalue weighted by Crippen LogP contribution is 2.24. The van der Waals surface area contributed by atoms with Crippen molar-refractivity contribution in [3.63, 3.8) is 0 Å². The summed E-state index contributed by atoms with van der Waals surface area (Å²) in [5.41, 5.74) is 2.16. The second-order valence-electron chi connectivity index (χ2n) is 4.75. The van der Waals surface area contributed by atoms with E-state index in [0.717, 1.165) is 11.1 Å². The average molecular weight is 292 g/mol. The Labute approximate surface area is 129 Å². The molecule has 0 bridgehead atoms. The van der Waals surface area contributed by atoms with E-state index in [-0.39, 0.29) is 0 Å². The largest absolute Gasteiger partial charge is 0.483 e. The van der Waals surface area contributed by atoms with E-state index < -0.39 is 0 Å². The molecule has 0 spiro atoms. The van der Waals surface area contributed by atoms with Gasteiger partial charge in [0.1, 0.15) is 13.2 Å².